The summed E-state index contributed by atoms with van der Waals surface area (Å²) in [6.07, 6.45) is 1.80. The van der Waals surface area contributed by atoms with Crippen LogP contribution in [0.3, 0.4) is 0 Å². The molecular formula is C12H14N4. The Morgan fingerprint density at radius 2 is 2.31 bits per heavy atom. The first-order valence-electron chi connectivity index (χ1n) is 5.03. The number of aliphatic imine (C=N–C) groups is 1. The first kappa shape index (κ1) is 10.4. The molecule has 0 fully saturated rings. The average molecular weight is 214 g/mol. The van der Waals surface area contributed by atoms with Crippen LogP contribution in [0.15, 0.2) is 41.5 Å². The van der Waals surface area contributed by atoms with E-state index in [1.54, 1.807) is 13.2 Å². The fraction of sp³-hybridized carbons (Fsp3) is 0.167. The predicted molar refractivity (Wildman–Crippen MR) is 67.9 cm³/mol. The maximum Gasteiger partial charge on any atom is 0.127 e. The van der Waals surface area contributed by atoms with Crippen molar-refractivity contribution >= 4 is 22.4 Å². The molecule has 0 unspecified atom stereocenters. The Labute approximate surface area is 94.1 Å². The first-order valence-corrected chi connectivity index (χ1v) is 5.03. The maximum absolute atomic E-state index is 4.13. The molecule has 1 aromatic heterocycles. The lowest BCUT2D eigenvalue weighted by Gasteiger charge is -2.08. The third-order valence-corrected chi connectivity index (χ3v) is 2.33. The average Bonchev–Trinajstić information content (AvgIpc) is 2.72. The molecule has 2 aromatic rings. The third-order valence-electron chi connectivity index (χ3n) is 2.33. The van der Waals surface area contributed by atoms with E-state index in [1.807, 2.05) is 25.1 Å². The van der Waals surface area contributed by atoms with Crippen LogP contribution in [0.2, 0.25) is 0 Å². The van der Waals surface area contributed by atoms with E-state index in [4.69, 9.17) is 0 Å². The van der Waals surface area contributed by atoms with Gasteiger partial charge in [0.15, 0.2) is 0 Å². The van der Waals surface area contributed by atoms with Crippen molar-refractivity contribution in [1.29, 1.82) is 0 Å². The number of H-pyrrole nitrogens is 1. The molecule has 0 bridgehead atoms. The van der Waals surface area contributed by atoms with Crippen molar-refractivity contribution in [3.05, 3.63) is 36.5 Å². The Morgan fingerprint density at radius 3 is 3.00 bits per heavy atom. The highest BCUT2D eigenvalue weighted by molar-refractivity contribution is 6.07. The number of anilines is 1. The van der Waals surface area contributed by atoms with Gasteiger partial charge in [-0.25, -0.2) is 0 Å². The number of amidine groups is 1. The van der Waals surface area contributed by atoms with Gasteiger partial charge in [0.2, 0.25) is 0 Å². The second-order valence-electron chi connectivity index (χ2n) is 3.65. The van der Waals surface area contributed by atoms with Crippen LogP contribution in [0.25, 0.3) is 10.9 Å². The summed E-state index contributed by atoms with van der Waals surface area (Å²) < 4.78 is 0. The second kappa shape index (κ2) is 4.18. The van der Waals surface area contributed by atoms with Crippen LogP contribution in [-0.4, -0.2) is 23.1 Å². The summed E-state index contributed by atoms with van der Waals surface area (Å²) in [5.41, 5.74) is 2.92. The van der Waals surface area contributed by atoms with Gasteiger partial charge in [0, 0.05) is 18.1 Å². The summed E-state index contributed by atoms with van der Waals surface area (Å²) in [6, 6.07) is 5.98. The van der Waals surface area contributed by atoms with Crippen LogP contribution >= 0.6 is 0 Å². The molecule has 4 heteroatoms. The molecule has 0 aliphatic rings. The number of aromatic amines is 1. The Bertz CT molecular complexity index is 551. The van der Waals surface area contributed by atoms with Gasteiger partial charge in [-0.2, -0.15) is 5.10 Å². The van der Waals surface area contributed by atoms with Crippen molar-refractivity contribution in [3.63, 3.8) is 0 Å². The van der Waals surface area contributed by atoms with Gasteiger partial charge in [-0.1, -0.05) is 6.58 Å². The van der Waals surface area contributed by atoms with Crippen LogP contribution in [0.5, 0.6) is 0 Å². The minimum atomic E-state index is 0.794. The summed E-state index contributed by atoms with van der Waals surface area (Å²) >= 11 is 0. The summed E-state index contributed by atoms with van der Waals surface area (Å²) in [7, 11) is 1.74. The molecule has 0 amide bonds. The van der Waals surface area contributed by atoms with Crippen LogP contribution in [0, 0.1) is 0 Å². The highest BCUT2D eigenvalue weighted by Crippen LogP contribution is 2.17. The standard InChI is InChI=1S/C12H14N4/c1-8(2)12(13-3)15-10-4-5-11-9(6-10)7-14-16-11/h4-7H,1H2,2-3H3,(H,13,15)(H,14,16). The smallest absolute Gasteiger partial charge is 0.127 e. The van der Waals surface area contributed by atoms with E-state index in [9.17, 15) is 0 Å². The van der Waals surface area contributed by atoms with Gasteiger partial charge < -0.3 is 5.32 Å². The molecule has 4 nitrogen and oxygen atoms in total. The van der Waals surface area contributed by atoms with Gasteiger partial charge in [-0.3, -0.25) is 10.1 Å². The van der Waals surface area contributed by atoms with E-state index >= 15 is 0 Å². The van der Waals surface area contributed by atoms with E-state index < -0.39 is 0 Å². The van der Waals surface area contributed by atoms with Crippen LogP contribution < -0.4 is 5.32 Å². The summed E-state index contributed by atoms with van der Waals surface area (Å²) in [5, 5.41) is 11.2. The molecule has 0 radical (unpaired) electrons. The highest BCUT2D eigenvalue weighted by atomic mass is 15.1. The Balaban J connectivity index is 2.30. The molecule has 0 spiro atoms. The van der Waals surface area contributed by atoms with Crippen molar-refractivity contribution in [2.45, 2.75) is 6.92 Å². The topological polar surface area (TPSA) is 53.1 Å². The van der Waals surface area contributed by atoms with E-state index in [1.165, 1.54) is 0 Å². The Morgan fingerprint density at radius 1 is 1.50 bits per heavy atom. The van der Waals surface area contributed by atoms with Gasteiger partial charge in [0.25, 0.3) is 0 Å². The maximum atomic E-state index is 4.13. The zero-order chi connectivity index (χ0) is 11.5. The van der Waals surface area contributed by atoms with E-state index in [0.29, 0.717) is 0 Å². The van der Waals surface area contributed by atoms with E-state index in [2.05, 4.69) is 27.1 Å². The van der Waals surface area contributed by atoms with Gasteiger partial charge >= 0.3 is 0 Å². The first-order chi connectivity index (χ1) is 7.70. The zero-order valence-corrected chi connectivity index (χ0v) is 9.41. The van der Waals surface area contributed by atoms with Crippen molar-refractivity contribution < 1.29 is 0 Å². The number of hydrogen-bond donors (Lipinski definition) is 2. The third kappa shape index (κ3) is 1.95. The predicted octanol–water partition coefficient (Wildman–Crippen LogP) is 2.58. The Hall–Kier alpha value is -2.10. The van der Waals surface area contributed by atoms with Crippen LogP contribution in [0.1, 0.15) is 6.92 Å². The summed E-state index contributed by atoms with van der Waals surface area (Å²) in [5.74, 6) is 0.794. The largest absolute Gasteiger partial charge is 0.340 e. The number of nitrogens with one attached hydrogen (secondary N) is 2. The minimum absolute atomic E-state index is 0.794. The lowest BCUT2D eigenvalue weighted by atomic mass is 10.2. The molecule has 0 saturated heterocycles. The van der Waals surface area contributed by atoms with Crippen molar-refractivity contribution in [3.8, 4) is 0 Å². The molecule has 1 aromatic carbocycles. The minimum Gasteiger partial charge on any atom is -0.340 e. The highest BCUT2D eigenvalue weighted by Gasteiger charge is 2.01. The number of benzene rings is 1. The van der Waals surface area contributed by atoms with E-state index in [-0.39, 0.29) is 0 Å². The fourth-order valence-corrected chi connectivity index (χ4v) is 1.51. The summed E-state index contributed by atoms with van der Waals surface area (Å²) in [6.45, 7) is 5.79. The molecule has 0 aliphatic heterocycles. The van der Waals surface area contributed by atoms with Gasteiger partial charge in [-0.05, 0) is 30.7 Å². The van der Waals surface area contributed by atoms with Crippen molar-refractivity contribution in [2.24, 2.45) is 4.99 Å². The quantitative estimate of drug-likeness (QED) is 0.596. The van der Waals surface area contributed by atoms with Gasteiger partial charge in [0.1, 0.15) is 5.84 Å². The lowest BCUT2D eigenvalue weighted by Crippen LogP contribution is -2.12. The molecular weight excluding hydrogens is 200 g/mol. The van der Waals surface area contributed by atoms with Crippen molar-refractivity contribution in [2.75, 3.05) is 12.4 Å². The molecule has 82 valence electrons. The van der Waals surface area contributed by atoms with E-state index in [0.717, 1.165) is 28.0 Å². The van der Waals surface area contributed by atoms with Crippen LogP contribution in [0.4, 0.5) is 5.69 Å². The zero-order valence-electron chi connectivity index (χ0n) is 9.41. The normalized spacial score (nSPS) is 11.8. The molecule has 1 heterocycles. The summed E-state index contributed by atoms with van der Waals surface area (Å²) in [4.78, 5) is 4.13. The van der Waals surface area contributed by atoms with Gasteiger partial charge in [-0.15, -0.1) is 0 Å². The van der Waals surface area contributed by atoms with Crippen molar-refractivity contribution in [1.82, 2.24) is 10.2 Å². The number of nitrogens with zero attached hydrogens (tertiary/aromatic N) is 2. The molecule has 16 heavy (non-hydrogen) atoms. The number of aromatic nitrogens is 2. The monoisotopic (exact) mass is 214 g/mol. The molecule has 0 saturated carbocycles. The molecule has 0 atom stereocenters. The van der Waals surface area contributed by atoms with Gasteiger partial charge in [0.05, 0.1) is 11.7 Å². The SMILES string of the molecule is C=C(C)C(=NC)Nc1ccc2[nH]ncc2c1. The number of rotatable bonds is 2. The fourth-order valence-electron chi connectivity index (χ4n) is 1.51. The number of fused-ring (bicyclic) bond motifs is 1. The molecule has 2 rings (SSSR count). The van der Waals surface area contributed by atoms with Crippen LogP contribution in [-0.2, 0) is 0 Å². The lowest BCUT2D eigenvalue weighted by molar-refractivity contribution is 1.12. The Kier molecular flexibility index (Phi) is 2.72. The second-order valence-corrected chi connectivity index (χ2v) is 3.65. The molecule has 0 aliphatic carbocycles. The number of hydrogen-bond acceptors (Lipinski definition) is 2. The molecule has 2 N–H and O–H groups in total.